The van der Waals surface area contributed by atoms with Gasteiger partial charge in [-0.3, -0.25) is 4.79 Å². The Kier molecular flexibility index (Phi) is 5.24. The van der Waals surface area contributed by atoms with Crippen LogP contribution in [0.2, 0.25) is 5.02 Å². The van der Waals surface area contributed by atoms with Gasteiger partial charge in [0.15, 0.2) is 0 Å². The van der Waals surface area contributed by atoms with E-state index in [-0.39, 0.29) is 6.42 Å². The second kappa shape index (κ2) is 6.23. The molecule has 1 aromatic carbocycles. The molecule has 0 heterocycles. The number of carboxylic acids is 1. The lowest BCUT2D eigenvalue weighted by Crippen LogP contribution is -2.13. The summed E-state index contributed by atoms with van der Waals surface area (Å²) in [5, 5.41) is 9.07. The van der Waals surface area contributed by atoms with Gasteiger partial charge in [0.2, 0.25) is 0 Å². The van der Waals surface area contributed by atoms with Gasteiger partial charge in [-0.2, -0.15) is 0 Å². The summed E-state index contributed by atoms with van der Waals surface area (Å²) >= 11 is 9.33. The van der Waals surface area contributed by atoms with Crippen molar-refractivity contribution in [2.75, 3.05) is 7.11 Å². The fraction of sp³-hybridized carbons (Fsp3) is 0.364. The summed E-state index contributed by atoms with van der Waals surface area (Å²) in [5.41, 5.74) is 6.64. The van der Waals surface area contributed by atoms with Crippen LogP contribution >= 0.6 is 27.5 Å². The van der Waals surface area contributed by atoms with Gasteiger partial charge in [-0.25, -0.2) is 0 Å². The molecule has 1 rings (SSSR count). The Bertz CT molecular complexity index is 425. The monoisotopic (exact) mass is 321 g/mol. The van der Waals surface area contributed by atoms with E-state index in [1.807, 2.05) is 0 Å². The summed E-state index contributed by atoms with van der Waals surface area (Å²) in [6, 6.07) is 3.07. The van der Waals surface area contributed by atoms with E-state index in [9.17, 15) is 4.79 Å². The molecule has 94 valence electrons. The summed E-state index contributed by atoms with van der Waals surface area (Å²) in [6.45, 7) is 0. The molecule has 0 spiro atoms. The van der Waals surface area contributed by atoms with Crippen molar-refractivity contribution in [1.29, 1.82) is 0 Å². The molecule has 1 atom stereocenters. The molecule has 0 fully saturated rings. The highest BCUT2D eigenvalue weighted by atomic mass is 79.9. The van der Waals surface area contributed by atoms with Crippen molar-refractivity contribution in [3.05, 3.63) is 27.2 Å². The Morgan fingerprint density at radius 3 is 2.82 bits per heavy atom. The molecule has 0 aliphatic rings. The molecular formula is C11H13BrClNO3. The summed E-state index contributed by atoms with van der Waals surface area (Å²) in [7, 11) is 1.50. The van der Waals surface area contributed by atoms with Crippen molar-refractivity contribution in [2.45, 2.75) is 18.9 Å². The second-order valence-corrected chi connectivity index (χ2v) is 4.87. The Morgan fingerprint density at radius 2 is 2.29 bits per heavy atom. The highest BCUT2D eigenvalue weighted by Crippen LogP contribution is 2.36. The number of hydrogen-bond acceptors (Lipinski definition) is 3. The number of halogens is 2. The zero-order valence-electron chi connectivity index (χ0n) is 9.24. The Hall–Kier alpha value is -0.780. The largest absolute Gasteiger partial charge is 0.495 e. The first-order valence-corrected chi connectivity index (χ1v) is 6.13. The summed E-state index contributed by atoms with van der Waals surface area (Å²) in [5.74, 6) is -0.381. The maximum absolute atomic E-state index is 10.5. The van der Waals surface area contributed by atoms with Crippen LogP contribution in [0.25, 0.3) is 0 Å². The first-order chi connectivity index (χ1) is 7.95. The minimum absolute atomic E-state index is 0.00839. The number of carboxylic acid groups (broad SMARTS) is 1. The molecule has 0 bridgehead atoms. The minimum Gasteiger partial charge on any atom is -0.495 e. The van der Waals surface area contributed by atoms with Crippen LogP contribution in [-0.2, 0) is 4.79 Å². The number of rotatable bonds is 5. The lowest BCUT2D eigenvalue weighted by atomic mass is 10.0. The van der Waals surface area contributed by atoms with E-state index in [4.69, 9.17) is 27.2 Å². The average Bonchev–Trinajstić information content (AvgIpc) is 2.24. The second-order valence-electron chi connectivity index (χ2n) is 3.55. The number of carbonyl (C=O) groups is 1. The van der Waals surface area contributed by atoms with Crippen LogP contribution in [0.1, 0.15) is 24.4 Å². The van der Waals surface area contributed by atoms with Crippen molar-refractivity contribution >= 4 is 33.5 Å². The standard InChI is InChI=1S/C11H13BrClNO3/c1-17-11-7(4-6(12)5-8(11)13)9(14)2-3-10(15)16/h4-5,9H,2-3,14H2,1H3,(H,15,16). The maximum atomic E-state index is 10.5. The van der Waals surface area contributed by atoms with Gasteiger partial charge in [-0.05, 0) is 18.6 Å². The fourth-order valence-electron chi connectivity index (χ4n) is 1.51. The van der Waals surface area contributed by atoms with E-state index in [1.165, 1.54) is 7.11 Å². The Labute approximate surface area is 113 Å². The predicted octanol–water partition coefficient (Wildman–Crippen LogP) is 2.98. The molecule has 0 aromatic heterocycles. The van der Waals surface area contributed by atoms with E-state index in [1.54, 1.807) is 12.1 Å². The number of benzene rings is 1. The van der Waals surface area contributed by atoms with Crippen LogP contribution in [0.5, 0.6) is 5.75 Å². The van der Waals surface area contributed by atoms with Crippen molar-refractivity contribution in [1.82, 2.24) is 0 Å². The number of hydrogen-bond donors (Lipinski definition) is 2. The normalized spacial score (nSPS) is 12.2. The molecule has 1 unspecified atom stereocenters. The molecule has 0 radical (unpaired) electrons. The fourth-order valence-corrected chi connectivity index (χ4v) is 2.42. The molecule has 0 aliphatic heterocycles. The molecule has 17 heavy (non-hydrogen) atoms. The maximum Gasteiger partial charge on any atom is 0.303 e. The van der Waals surface area contributed by atoms with Crippen molar-refractivity contribution in [3.8, 4) is 5.75 Å². The third-order valence-corrected chi connectivity index (χ3v) is 3.05. The molecule has 0 aliphatic carbocycles. The molecule has 0 saturated carbocycles. The number of aliphatic carboxylic acids is 1. The van der Waals surface area contributed by atoms with Gasteiger partial charge in [0.25, 0.3) is 0 Å². The molecule has 0 saturated heterocycles. The molecule has 1 aromatic rings. The molecule has 6 heteroatoms. The number of nitrogens with two attached hydrogens (primary N) is 1. The van der Waals surface area contributed by atoms with Gasteiger partial charge in [0, 0.05) is 22.5 Å². The Balaban J connectivity index is 2.98. The molecule has 3 N–H and O–H groups in total. The molecule has 4 nitrogen and oxygen atoms in total. The third kappa shape index (κ3) is 3.87. The van der Waals surface area contributed by atoms with Crippen LogP contribution in [0, 0.1) is 0 Å². The summed E-state index contributed by atoms with van der Waals surface area (Å²) in [6.07, 6.45) is 0.340. The van der Waals surface area contributed by atoms with Crippen molar-refractivity contribution in [3.63, 3.8) is 0 Å². The minimum atomic E-state index is -0.875. The quantitative estimate of drug-likeness (QED) is 0.874. The number of ether oxygens (including phenoxy) is 1. The van der Waals surface area contributed by atoms with E-state index in [0.717, 1.165) is 4.47 Å². The predicted molar refractivity (Wildman–Crippen MR) is 69.5 cm³/mol. The van der Waals surface area contributed by atoms with Crippen molar-refractivity contribution in [2.24, 2.45) is 5.73 Å². The van der Waals surface area contributed by atoms with Gasteiger partial charge in [0.1, 0.15) is 5.75 Å². The van der Waals surface area contributed by atoms with Crippen molar-refractivity contribution < 1.29 is 14.6 Å². The van der Waals surface area contributed by atoms with Crippen LogP contribution in [0.15, 0.2) is 16.6 Å². The highest BCUT2D eigenvalue weighted by Gasteiger charge is 2.16. The van der Waals surface area contributed by atoms with Gasteiger partial charge in [-0.15, -0.1) is 0 Å². The van der Waals surface area contributed by atoms with E-state index in [2.05, 4.69) is 15.9 Å². The zero-order chi connectivity index (χ0) is 13.0. The van der Waals surface area contributed by atoms with E-state index in [0.29, 0.717) is 22.8 Å². The highest BCUT2D eigenvalue weighted by molar-refractivity contribution is 9.10. The lowest BCUT2D eigenvalue weighted by Gasteiger charge is -2.16. The summed E-state index contributed by atoms with van der Waals surface area (Å²) in [4.78, 5) is 10.5. The number of methoxy groups -OCH3 is 1. The third-order valence-electron chi connectivity index (χ3n) is 2.31. The van der Waals surface area contributed by atoms with Gasteiger partial charge < -0.3 is 15.6 Å². The van der Waals surface area contributed by atoms with Gasteiger partial charge in [-0.1, -0.05) is 27.5 Å². The first kappa shape index (κ1) is 14.3. The first-order valence-electron chi connectivity index (χ1n) is 4.96. The van der Waals surface area contributed by atoms with Crippen LogP contribution in [0.3, 0.4) is 0 Å². The van der Waals surface area contributed by atoms with Crippen LogP contribution in [0.4, 0.5) is 0 Å². The lowest BCUT2D eigenvalue weighted by molar-refractivity contribution is -0.137. The van der Waals surface area contributed by atoms with Crippen LogP contribution in [-0.4, -0.2) is 18.2 Å². The molecular weight excluding hydrogens is 309 g/mol. The SMILES string of the molecule is COc1c(Cl)cc(Br)cc1C(N)CCC(=O)O. The Morgan fingerprint density at radius 1 is 1.65 bits per heavy atom. The van der Waals surface area contributed by atoms with E-state index >= 15 is 0 Å². The summed E-state index contributed by atoms with van der Waals surface area (Å²) < 4.78 is 5.96. The van der Waals surface area contributed by atoms with Gasteiger partial charge >= 0.3 is 5.97 Å². The topological polar surface area (TPSA) is 72.5 Å². The average molecular weight is 323 g/mol. The van der Waals surface area contributed by atoms with Crippen LogP contribution < -0.4 is 10.5 Å². The van der Waals surface area contributed by atoms with E-state index < -0.39 is 12.0 Å². The molecule has 0 amide bonds. The van der Waals surface area contributed by atoms with Gasteiger partial charge in [0.05, 0.1) is 12.1 Å². The smallest absolute Gasteiger partial charge is 0.303 e. The zero-order valence-corrected chi connectivity index (χ0v) is 11.6.